The van der Waals surface area contributed by atoms with Crippen molar-refractivity contribution >= 4 is 21.7 Å². The van der Waals surface area contributed by atoms with E-state index in [0.29, 0.717) is 5.92 Å². The maximum Gasteiger partial charge on any atom is 0.134 e. The minimum atomic E-state index is 0.342. The van der Waals surface area contributed by atoms with Gasteiger partial charge in [0.15, 0.2) is 0 Å². The van der Waals surface area contributed by atoms with Gasteiger partial charge in [-0.2, -0.15) is 0 Å². The van der Waals surface area contributed by atoms with Crippen LogP contribution in [0.3, 0.4) is 0 Å². The molecule has 0 saturated heterocycles. The molecule has 0 aliphatic carbocycles. The van der Waals surface area contributed by atoms with E-state index >= 15 is 0 Å². The van der Waals surface area contributed by atoms with Gasteiger partial charge in [-0.3, -0.25) is 0 Å². The summed E-state index contributed by atoms with van der Waals surface area (Å²) < 4.78 is 0.839. The highest BCUT2D eigenvalue weighted by Crippen LogP contribution is 2.17. The molecular formula is C12H21BrN4. The molecule has 0 spiro atoms. The van der Waals surface area contributed by atoms with Crippen molar-refractivity contribution in [3.05, 3.63) is 16.5 Å². The second-order valence-corrected chi connectivity index (χ2v) is 5.48. The first kappa shape index (κ1) is 14.4. The van der Waals surface area contributed by atoms with Crippen LogP contribution in [0.25, 0.3) is 0 Å². The standard InChI is InChI=1S/C12H21BrN4/c1-9(2)12-15-10(13)8-11(16-12)14-6-5-7-17(3)4/h8-9H,5-7H2,1-4H3,(H,14,15,16). The van der Waals surface area contributed by atoms with Gasteiger partial charge < -0.3 is 10.2 Å². The molecule has 1 N–H and O–H groups in total. The summed E-state index contributed by atoms with van der Waals surface area (Å²) in [6.45, 7) is 6.20. The molecule has 0 unspecified atom stereocenters. The van der Waals surface area contributed by atoms with Crippen LogP contribution in [0, 0.1) is 0 Å². The van der Waals surface area contributed by atoms with Crippen molar-refractivity contribution in [2.24, 2.45) is 0 Å². The number of nitrogens with zero attached hydrogens (tertiary/aromatic N) is 3. The molecule has 0 aromatic carbocycles. The molecular weight excluding hydrogens is 280 g/mol. The zero-order valence-electron chi connectivity index (χ0n) is 11.0. The van der Waals surface area contributed by atoms with Gasteiger partial charge >= 0.3 is 0 Å². The highest BCUT2D eigenvalue weighted by atomic mass is 79.9. The molecule has 1 heterocycles. The van der Waals surface area contributed by atoms with E-state index < -0.39 is 0 Å². The topological polar surface area (TPSA) is 41.1 Å². The van der Waals surface area contributed by atoms with Gasteiger partial charge in [-0.25, -0.2) is 9.97 Å². The van der Waals surface area contributed by atoms with Crippen molar-refractivity contribution in [2.45, 2.75) is 26.2 Å². The third-order valence-corrected chi connectivity index (χ3v) is 2.72. The average Bonchev–Trinajstić information content (AvgIpc) is 2.23. The summed E-state index contributed by atoms with van der Waals surface area (Å²) in [6, 6.07) is 1.92. The molecule has 0 radical (unpaired) electrons. The summed E-state index contributed by atoms with van der Waals surface area (Å²) in [5.74, 6) is 2.11. The fourth-order valence-corrected chi connectivity index (χ4v) is 1.79. The fraction of sp³-hybridized carbons (Fsp3) is 0.667. The number of rotatable bonds is 6. The van der Waals surface area contributed by atoms with Gasteiger partial charge in [0.1, 0.15) is 16.2 Å². The largest absolute Gasteiger partial charge is 0.370 e. The molecule has 0 bridgehead atoms. The van der Waals surface area contributed by atoms with Crippen LogP contribution in [-0.4, -0.2) is 42.1 Å². The molecule has 0 aliphatic heterocycles. The monoisotopic (exact) mass is 300 g/mol. The van der Waals surface area contributed by atoms with Crippen molar-refractivity contribution < 1.29 is 0 Å². The lowest BCUT2D eigenvalue weighted by Crippen LogP contribution is -2.17. The minimum Gasteiger partial charge on any atom is -0.370 e. The van der Waals surface area contributed by atoms with Crippen LogP contribution in [0.15, 0.2) is 10.7 Å². The summed E-state index contributed by atoms with van der Waals surface area (Å²) in [5.41, 5.74) is 0. The van der Waals surface area contributed by atoms with E-state index in [0.717, 1.165) is 35.8 Å². The Morgan fingerprint density at radius 2 is 2.06 bits per heavy atom. The number of halogens is 1. The fourth-order valence-electron chi connectivity index (χ4n) is 1.40. The maximum absolute atomic E-state index is 4.48. The molecule has 0 fully saturated rings. The van der Waals surface area contributed by atoms with Crippen molar-refractivity contribution in [1.82, 2.24) is 14.9 Å². The summed E-state index contributed by atoms with van der Waals surface area (Å²) >= 11 is 3.41. The first-order valence-corrected chi connectivity index (χ1v) is 6.71. The lowest BCUT2D eigenvalue weighted by atomic mass is 10.2. The molecule has 1 rings (SSSR count). The number of nitrogens with one attached hydrogen (secondary N) is 1. The molecule has 4 nitrogen and oxygen atoms in total. The molecule has 0 aliphatic rings. The Kier molecular flexibility index (Phi) is 5.85. The zero-order chi connectivity index (χ0) is 12.8. The van der Waals surface area contributed by atoms with Crippen molar-refractivity contribution in [1.29, 1.82) is 0 Å². The van der Waals surface area contributed by atoms with E-state index in [4.69, 9.17) is 0 Å². The SMILES string of the molecule is CC(C)c1nc(Br)cc(NCCCN(C)C)n1. The molecule has 17 heavy (non-hydrogen) atoms. The predicted molar refractivity (Wildman–Crippen MR) is 75.5 cm³/mol. The first-order valence-electron chi connectivity index (χ1n) is 5.92. The van der Waals surface area contributed by atoms with E-state index in [-0.39, 0.29) is 0 Å². The van der Waals surface area contributed by atoms with Crippen LogP contribution < -0.4 is 5.32 Å². The smallest absolute Gasteiger partial charge is 0.134 e. The number of anilines is 1. The predicted octanol–water partition coefficient (Wildman–Crippen LogP) is 2.73. The van der Waals surface area contributed by atoms with E-state index in [2.05, 4.69) is 64.1 Å². The van der Waals surface area contributed by atoms with Gasteiger partial charge in [0.05, 0.1) is 0 Å². The van der Waals surface area contributed by atoms with Crippen LogP contribution in [0.2, 0.25) is 0 Å². The van der Waals surface area contributed by atoms with Crippen molar-refractivity contribution in [2.75, 3.05) is 32.5 Å². The maximum atomic E-state index is 4.48. The third-order valence-electron chi connectivity index (χ3n) is 2.32. The Hall–Kier alpha value is -0.680. The lowest BCUT2D eigenvalue weighted by molar-refractivity contribution is 0.405. The van der Waals surface area contributed by atoms with Crippen LogP contribution in [0.4, 0.5) is 5.82 Å². The summed E-state index contributed by atoms with van der Waals surface area (Å²) in [7, 11) is 4.16. The van der Waals surface area contributed by atoms with Crippen LogP contribution in [-0.2, 0) is 0 Å². The van der Waals surface area contributed by atoms with Crippen LogP contribution >= 0.6 is 15.9 Å². The molecule has 0 saturated carbocycles. The normalized spacial score (nSPS) is 11.2. The lowest BCUT2D eigenvalue weighted by Gasteiger charge is -2.11. The first-order chi connectivity index (χ1) is 7.99. The van der Waals surface area contributed by atoms with E-state index in [9.17, 15) is 0 Å². The third kappa shape index (κ3) is 5.46. The highest BCUT2D eigenvalue weighted by molar-refractivity contribution is 9.10. The number of hydrogen-bond donors (Lipinski definition) is 1. The van der Waals surface area contributed by atoms with E-state index in [1.165, 1.54) is 0 Å². The highest BCUT2D eigenvalue weighted by Gasteiger charge is 2.06. The number of aromatic nitrogens is 2. The van der Waals surface area contributed by atoms with Gasteiger partial charge in [0.2, 0.25) is 0 Å². The van der Waals surface area contributed by atoms with Gasteiger partial charge in [0, 0.05) is 18.5 Å². The Bertz CT molecular complexity index is 352. The Balaban J connectivity index is 2.53. The Morgan fingerprint density at radius 3 is 2.65 bits per heavy atom. The van der Waals surface area contributed by atoms with E-state index in [1.807, 2.05) is 6.07 Å². The van der Waals surface area contributed by atoms with Gasteiger partial charge in [0.25, 0.3) is 0 Å². The Morgan fingerprint density at radius 1 is 1.35 bits per heavy atom. The van der Waals surface area contributed by atoms with Crippen LogP contribution in [0.5, 0.6) is 0 Å². The van der Waals surface area contributed by atoms with Gasteiger partial charge in [-0.1, -0.05) is 13.8 Å². The second-order valence-electron chi connectivity index (χ2n) is 4.67. The van der Waals surface area contributed by atoms with Gasteiger partial charge in [-0.15, -0.1) is 0 Å². The molecule has 0 amide bonds. The average molecular weight is 301 g/mol. The molecule has 96 valence electrons. The summed E-state index contributed by atoms with van der Waals surface area (Å²) in [5, 5.41) is 3.33. The summed E-state index contributed by atoms with van der Waals surface area (Å²) in [4.78, 5) is 11.0. The Labute approximate surface area is 112 Å². The molecule has 1 aromatic rings. The summed E-state index contributed by atoms with van der Waals surface area (Å²) in [6.07, 6.45) is 1.10. The molecule has 0 atom stereocenters. The van der Waals surface area contributed by atoms with Gasteiger partial charge in [-0.05, 0) is 43.0 Å². The minimum absolute atomic E-state index is 0.342. The quantitative estimate of drug-likeness (QED) is 0.648. The van der Waals surface area contributed by atoms with Crippen molar-refractivity contribution in [3.63, 3.8) is 0 Å². The van der Waals surface area contributed by atoms with Crippen LogP contribution in [0.1, 0.15) is 32.0 Å². The van der Waals surface area contributed by atoms with E-state index in [1.54, 1.807) is 0 Å². The molecule has 1 aromatic heterocycles. The van der Waals surface area contributed by atoms with Crippen molar-refractivity contribution in [3.8, 4) is 0 Å². The molecule has 5 heteroatoms. The zero-order valence-corrected chi connectivity index (χ0v) is 12.6. The second kappa shape index (κ2) is 6.91. The number of hydrogen-bond acceptors (Lipinski definition) is 4.